The molecule has 0 aliphatic carbocycles. The topological polar surface area (TPSA) is 75.8 Å². The number of para-hydroxylation sites is 1. The van der Waals surface area contributed by atoms with Crippen molar-refractivity contribution >= 4 is 40.4 Å². The van der Waals surface area contributed by atoms with Crippen LogP contribution in [0.1, 0.15) is 23.9 Å². The van der Waals surface area contributed by atoms with Crippen molar-refractivity contribution in [3.63, 3.8) is 0 Å². The molecule has 2 aromatic carbocycles. The molecule has 3 heterocycles. The predicted molar refractivity (Wildman–Crippen MR) is 113 cm³/mol. The SMILES string of the molecule is Cc1nc2c3ccccc3nc(SCC(=O)N3N=CCC3c3ccccc3)n2n1. The molecule has 0 bridgehead atoms. The van der Waals surface area contributed by atoms with Crippen molar-refractivity contribution in [2.24, 2.45) is 5.10 Å². The average molecular weight is 402 g/mol. The van der Waals surface area contributed by atoms with Crippen molar-refractivity contribution in [3.8, 4) is 0 Å². The zero-order valence-corrected chi connectivity index (χ0v) is 16.6. The first kappa shape index (κ1) is 17.8. The number of aryl methyl sites for hydroxylation is 1. The first-order chi connectivity index (χ1) is 14.2. The van der Waals surface area contributed by atoms with Gasteiger partial charge in [-0.05, 0) is 24.6 Å². The normalized spacial score (nSPS) is 16.2. The summed E-state index contributed by atoms with van der Waals surface area (Å²) in [5, 5.41) is 11.9. The van der Waals surface area contributed by atoms with Crippen LogP contribution >= 0.6 is 11.8 Å². The van der Waals surface area contributed by atoms with Crippen LogP contribution in [0.15, 0.2) is 64.9 Å². The summed E-state index contributed by atoms with van der Waals surface area (Å²) in [5.74, 6) is 0.835. The Hall–Kier alpha value is -3.26. The molecule has 5 rings (SSSR count). The molecule has 29 heavy (non-hydrogen) atoms. The number of hydrogen-bond acceptors (Lipinski definition) is 6. The third-order valence-corrected chi connectivity index (χ3v) is 5.76. The fraction of sp³-hybridized carbons (Fsp3) is 0.190. The lowest BCUT2D eigenvalue weighted by atomic mass is 10.0. The standard InChI is InChI=1S/C21H18N6OS/c1-14-23-20-16-9-5-6-10-17(16)24-21(27(20)25-14)29-13-19(28)26-18(11-12-22-26)15-7-3-2-4-8-15/h2-10,12,18H,11,13H2,1H3. The largest absolute Gasteiger partial charge is 0.272 e. The van der Waals surface area contributed by atoms with Gasteiger partial charge < -0.3 is 0 Å². The van der Waals surface area contributed by atoms with Gasteiger partial charge in [0.2, 0.25) is 0 Å². The number of nitrogens with zero attached hydrogens (tertiary/aromatic N) is 6. The molecule has 0 radical (unpaired) electrons. The number of fused-ring (bicyclic) bond motifs is 3. The molecule has 0 spiro atoms. The minimum Gasteiger partial charge on any atom is -0.272 e. The van der Waals surface area contributed by atoms with Gasteiger partial charge in [0, 0.05) is 18.0 Å². The molecule has 4 aromatic rings. The van der Waals surface area contributed by atoms with E-state index in [1.807, 2.05) is 61.5 Å². The summed E-state index contributed by atoms with van der Waals surface area (Å²) < 4.78 is 1.72. The van der Waals surface area contributed by atoms with Crippen LogP contribution in [0.25, 0.3) is 16.6 Å². The summed E-state index contributed by atoms with van der Waals surface area (Å²) in [5.41, 5.74) is 2.68. The van der Waals surface area contributed by atoms with Crippen LogP contribution in [0.4, 0.5) is 0 Å². The van der Waals surface area contributed by atoms with Gasteiger partial charge >= 0.3 is 0 Å². The lowest BCUT2D eigenvalue weighted by Gasteiger charge is -2.22. The second-order valence-electron chi connectivity index (χ2n) is 6.79. The quantitative estimate of drug-likeness (QED) is 0.385. The number of benzene rings is 2. The minimum absolute atomic E-state index is 0.0532. The van der Waals surface area contributed by atoms with Crippen LogP contribution in [-0.4, -0.2) is 42.5 Å². The Morgan fingerprint density at radius 1 is 1.10 bits per heavy atom. The second-order valence-corrected chi connectivity index (χ2v) is 7.74. The van der Waals surface area contributed by atoms with Crippen molar-refractivity contribution in [3.05, 3.63) is 66.0 Å². The van der Waals surface area contributed by atoms with E-state index in [2.05, 4.69) is 15.2 Å². The molecule has 1 unspecified atom stereocenters. The summed E-state index contributed by atoms with van der Waals surface area (Å²) in [7, 11) is 0. The molecule has 1 amide bonds. The van der Waals surface area contributed by atoms with Gasteiger partial charge in [0.25, 0.3) is 5.91 Å². The molecule has 2 aromatic heterocycles. The molecule has 144 valence electrons. The van der Waals surface area contributed by atoms with Gasteiger partial charge in [0.05, 0.1) is 17.3 Å². The summed E-state index contributed by atoms with van der Waals surface area (Å²) in [6.45, 7) is 1.85. The van der Waals surface area contributed by atoms with Crippen molar-refractivity contribution in [2.75, 3.05) is 5.75 Å². The average Bonchev–Trinajstić information content (AvgIpc) is 3.39. The molecule has 7 nitrogen and oxygen atoms in total. The Morgan fingerprint density at radius 2 is 1.90 bits per heavy atom. The molecule has 1 aliphatic heterocycles. The minimum atomic E-state index is -0.0578. The van der Waals surface area contributed by atoms with E-state index < -0.39 is 0 Å². The molecule has 1 atom stereocenters. The first-order valence-electron chi connectivity index (χ1n) is 9.35. The number of rotatable bonds is 4. The predicted octanol–water partition coefficient (Wildman–Crippen LogP) is 3.64. The number of carbonyl (C=O) groups excluding carboxylic acids is 1. The van der Waals surface area contributed by atoms with Gasteiger partial charge in [-0.15, -0.1) is 5.10 Å². The number of amides is 1. The maximum absolute atomic E-state index is 12.9. The van der Waals surface area contributed by atoms with Gasteiger partial charge in [-0.1, -0.05) is 54.2 Å². The van der Waals surface area contributed by atoms with E-state index in [9.17, 15) is 4.79 Å². The summed E-state index contributed by atoms with van der Waals surface area (Å²) in [6, 6.07) is 17.8. The summed E-state index contributed by atoms with van der Waals surface area (Å²) in [6.07, 6.45) is 2.52. The van der Waals surface area contributed by atoms with Gasteiger partial charge in [-0.2, -0.15) is 9.62 Å². The van der Waals surface area contributed by atoms with Gasteiger partial charge in [-0.3, -0.25) is 4.79 Å². The van der Waals surface area contributed by atoms with Gasteiger partial charge in [-0.25, -0.2) is 15.0 Å². The van der Waals surface area contributed by atoms with Gasteiger partial charge in [0.1, 0.15) is 5.82 Å². The van der Waals surface area contributed by atoms with E-state index in [1.54, 1.807) is 15.7 Å². The molecular formula is C21H18N6OS. The van der Waals surface area contributed by atoms with Crippen molar-refractivity contribution in [1.29, 1.82) is 0 Å². The van der Waals surface area contributed by atoms with Crippen molar-refractivity contribution in [1.82, 2.24) is 24.6 Å². The molecule has 1 aliphatic rings. The van der Waals surface area contributed by atoms with E-state index in [-0.39, 0.29) is 17.7 Å². The zero-order valence-electron chi connectivity index (χ0n) is 15.8. The maximum Gasteiger partial charge on any atom is 0.253 e. The van der Waals surface area contributed by atoms with Crippen LogP contribution in [-0.2, 0) is 4.79 Å². The van der Waals surface area contributed by atoms with Crippen LogP contribution in [0.2, 0.25) is 0 Å². The number of aromatic nitrogens is 4. The number of hydrogen-bond donors (Lipinski definition) is 0. The van der Waals surface area contributed by atoms with E-state index in [4.69, 9.17) is 4.98 Å². The Kier molecular flexibility index (Phi) is 4.48. The highest BCUT2D eigenvalue weighted by Crippen LogP contribution is 2.30. The molecular weight excluding hydrogens is 384 g/mol. The Morgan fingerprint density at radius 3 is 2.76 bits per heavy atom. The van der Waals surface area contributed by atoms with Crippen LogP contribution in [0, 0.1) is 6.92 Å². The lowest BCUT2D eigenvalue weighted by Crippen LogP contribution is -2.28. The molecule has 0 N–H and O–H groups in total. The van der Waals surface area contributed by atoms with E-state index in [1.165, 1.54) is 11.8 Å². The fourth-order valence-electron chi connectivity index (χ4n) is 3.53. The summed E-state index contributed by atoms with van der Waals surface area (Å²) in [4.78, 5) is 22.2. The fourth-order valence-corrected chi connectivity index (χ4v) is 4.32. The lowest BCUT2D eigenvalue weighted by molar-refractivity contribution is -0.130. The van der Waals surface area contributed by atoms with Crippen LogP contribution in [0.3, 0.4) is 0 Å². The van der Waals surface area contributed by atoms with E-state index >= 15 is 0 Å². The Bertz CT molecular complexity index is 1240. The molecule has 8 heteroatoms. The number of thioether (sulfide) groups is 1. The van der Waals surface area contributed by atoms with Crippen molar-refractivity contribution in [2.45, 2.75) is 24.5 Å². The zero-order chi connectivity index (χ0) is 19.8. The monoisotopic (exact) mass is 402 g/mol. The highest BCUT2D eigenvalue weighted by atomic mass is 32.2. The third kappa shape index (κ3) is 3.25. The Balaban J connectivity index is 1.41. The smallest absolute Gasteiger partial charge is 0.253 e. The number of carbonyl (C=O) groups is 1. The second kappa shape index (κ2) is 7.29. The Labute approximate surface area is 171 Å². The third-order valence-electron chi connectivity index (χ3n) is 4.85. The van der Waals surface area contributed by atoms with E-state index in [0.717, 1.165) is 28.5 Å². The first-order valence-corrected chi connectivity index (χ1v) is 10.3. The molecule has 0 saturated carbocycles. The summed E-state index contributed by atoms with van der Waals surface area (Å²) >= 11 is 1.35. The van der Waals surface area contributed by atoms with Crippen LogP contribution < -0.4 is 0 Å². The van der Waals surface area contributed by atoms with Gasteiger partial charge in [0.15, 0.2) is 10.8 Å². The maximum atomic E-state index is 12.9. The van der Waals surface area contributed by atoms with Crippen LogP contribution in [0.5, 0.6) is 0 Å². The molecule has 0 fully saturated rings. The number of hydrazone groups is 1. The molecule has 0 saturated heterocycles. The van der Waals surface area contributed by atoms with Crippen molar-refractivity contribution < 1.29 is 4.79 Å². The highest BCUT2D eigenvalue weighted by Gasteiger charge is 2.28. The highest BCUT2D eigenvalue weighted by molar-refractivity contribution is 7.99. The van der Waals surface area contributed by atoms with E-state index in [0.29, 0.717) is 11.0 Å².